The average Bonchev–Trinajstić information content (AvgIpc) is 3.27. The third-order valence-electron chi connectivity index (χ3n) is 4.32. The molecule has 7 nitrogen and oxygen atoms in total. The summed E-state index contributed by atoms with van der Waals surface area (Å²) in [5, 5.41) is 9.48. The van der Waals surface area contributed by atoms with Crippen LogP contribution in [0.1, 0.15) is 16.1 Å². The molecule has 0 spiro atoms. The Labute approximate surface area is 177 Å². The van der Waals surface area contributed by atoms with E-state index in [9.17, 15) is 9.59 Å². The van der Waals surface area contributed by atoms with E-state index >= 15 is 0 Å². The summed E-state index contributed by atoms with van der Waals surface area (Å²) >= 11 is 6.14. The number of pyridine rings is 1. The van der Waals surface area contributed by atoms with Gasteiger partial charge in [-0.3, -0.25) is 9.78 Å². The van der Waals surface area contributed by atoms with Gasteiger partial charge < -0.3 is 20.4 Å². The maximum absolute atomic E-state index is 12.7. The molecule has 2 heterocycles. The normalized spacial score (nSPS) is 10.6. The number of anilines is 2. The molecular weight excluding hydrogens is 404 g/mol. The van der Waals surface area contributed by atoms with Crippen LogP contribution < -0.4 is 16.0 Å². The van der Waals surface area contributed by atoms with Gasteiger partial charge in [0.25, 0.3) is 5.91 Å². The van der Waals surface area contributed by atoms with E-state index in [1.54, 1.807) is 67.1 Å². The first kappa shape index (κ1) is 19.5. The van der Waals surface area contributed by atoms with Crippen LogP contribution in [0.2, 0.25) is 5.02 Å². The lowest BCUT2D eigenvalue weighted by molar-refractivity contribution is 0.102. The van der Waals surface area contributed by atoms with Gasteiger partial charge in [-0.1, -0.05) is 17.7 Å². The number of nitrogens with one attached hydrogen (secondary N) is 3. The molecule has 4 aromatic rings. The highest BCUT2D eigenvalue weighted by Crippen LogP contribution is 2.23. The standard InChI is InChI=1S/C22H17ClN4O3/c23-15-11-14-3-1-9-24-20(14)19(12-15)21(28)26-16-5-7-17(8-6-16)27-22(29)25-13-18-4-2-10-30-18/h1-12H,13H2,(H,26,28)(H2,25,27,29). The summed E-state index contributed by atoms with van der Waals surface area (Å²) in [5.41, 5.74) is 2.12. The molecule has 0 atom stereocenters. The number of aromatic nitrogens is 1. The minimum absolute atomic E-state index is 0.286. The van der Waals surface area contributed by atoms with Crippen molar-refractivity contribution in [3.8, 4) is 0 Å². The summed E-state index contributed by atoms with van der Waals surface area (Å²) in [5.74, 6) is 0.337. The highest BCUT2D eigenvalue weighted by Gasteiger charge is 2.13. The van der Waals surface area contributed by atoms with Crippen molar-refractivity contribution >= 4 is 45.8 Å². The van der Waals surface area contributed by atoms with Crippen LogP contribution in [0.25, 0.3) is 10.9 Å². The molecule has 3 N–H and O–H groups in total. The molecule has 0 bridgehead atoms. The zero-order valence-electron chi connectivity index (χ0n) is 15.7. The van der Waals surface area contributed by atoms with E-state index < -0.39 is 0 Å². The zero-order valence-corrected chi connectivity index (χ0v) is 16.4. The molecule has 0 aliphatic rings. The minimum atomic E-state index is -0.361. The Bertz CT molecular complexity index is 1190. The molecule has 0 radical (unpaired) electrons. The molecule has 0 aliphatic carbocycles. The Morgan fingerprint density at radius 3 is 2.47 bits per heavy atom. The van der Waals surface area contributed by atoms with Gasteiger partial charge in [0.05, 0.1) is 23.9 Å². The Balaban J connectivity index is 1.40. The number of hydrogen-bond donors (Lipinski definition) is 3. The van der Waals surface area contributed by atoms with Gasteiger partial charge >= 0.3 is 6.03 Å². The third-order valence-corrected chi connectivity index (χ3v) is 4.54. The fraction of sp³-hybridized carbons (Fsp3) is 0.0455. The molecule has 4 rings (SSSR count). The number of rotatable bonds is 5. The number of carbonyl (C=O) groups is 2. The molecule has 30 heavy (non-hydrogen) atoms. The van der Waals surface area contributed by atoms with Crippen LogP contribution in [0.3, 0.4) is 0 Å². The smallest absolute Gasteiger partial charge is 0.319 e. The number of amides is 3. The Morgan fingerprint density at radius 2 is 1.73 bits per heavy atom. The predicted molar refractivity (Wildman–Crippen MR) is 116 cm³/mol. The number of hydrogen-bond acceptors (Lipinski definition) is 4. The molecule has 2 aromatic carbocycles. The fourth-order valence-corrected chi connectivity index (χ4v) is 3.15. The monoisotopic (exact) mass is 420 g/mol. The first-order chi connectivity index (χ1) is 14.6. The van der Waals surface area contributed by atoms with E-state index in [-0.39, 0.29) is 18.5 Å². The van der Waals surface area contributed by atoms with Crippen LogP contribution in [0.4, 0.5) is 16.2 Å². The molecule has 0 saturated heterocycles. The second kappa shape index (κ2) is 8.67. The van der Waals surface area contributed by atoms with Crippen LogP contribution in [0, 0.1) is 0 Å². The van der Waals surface area contributed by atoms with E-state index in [1.807, 2.05) is 6.07 Å². The van der Waals surface area contributed by atoms with Crippen molar-refractivity contribution in [2.24, 2.45) is 0 Å². The van der Waals surface area contributed by atoms with Crippen molar-refractivity contribution in [1.82, 2.24) is 10.3 Å². The third kappa shape index (κ3) is 4.59. The summed E-state index contributed by atoms with van der Waals surface area (Å²) in [6.07, 6.45) is 3.18. The van der Waals surface area contributed by atoms with Crippen molar-refractivity contribution in [2.45, 2.75) is 6.54 Å². The SMILES string of the molecule is O=C(NCc1ccco1)Nc1ccc(NC(=O)c2cc(Cl)cc3cccnc23)cc1. The number of fused-ring (bicyclic) bond motifs is 1. The van der Waals surface area contributed by atoms with Crippen LogP contribution in [0.15, 0.2) is 77.5 Å². The van der Waals surface area contributed by atoms with E-state index in [1.165, 1.54) is 0 Å². The first-order valence-corrected chi connectivity index (χ1v) is 9.49. The molecule has 8 heteroatoms. The second-order valence-electron chi connectivity index (χ2n) is 6.45. The summed E-state index contributed by atoms with van der Waals surface area (Å²) in [6.45, 7) is 0.286. The van der Waals surface area contributed by atoms with Crippen LogP contribution in [-0.2, 0) is 6.54 Å². The summed E-state index contributed by atoms with van der Waals surface area (Å²) < 4.78 is 5.16. The van der Waals surface area contributed by atoms with Crippen LogP contribution >= 0.6 is 11.6 Å². The van der Waals surface area contributed by atoms with E-state index in [4.69, 9.17) is 16.0 Å². The van der Waals surface area contributed by atoms with Gasteiger partial charge in [-0.2, -0.15) is 0 Å². The molecule has 0 unspecified atom stereocenters. The lowest BCUT2D eigenvalue weighted by Gasteiger charge is -2.10. The molecule has 0 aliphatic heterocycles. The topological polar surface area (TPSA) is 96.3 Å². The van der Waals surface area contributed by atoms with Crippen molar-refractivity contribution in [2.75, 3.05) is 10.6 Å². The quantitative estimate of drug-likeness (QED) is 0.420. The number of carbonyl (C=O) groups excluding carboxylic acids is 2. The highest BCUT2D eigenvalue weighted by molar-refractivity contribution is 6.32. The van der Waals surface area contributed by atoms with Crippen molar-refractivity contribution in [3.63, 3.8) is 0 Å². The number of halogens is 1. The number of urea groups is 1. The Kier molecular flexibility index (Phi) is 5.63. The van der Waals surface area contributed by atoms with E-state index in [2.05, 4.69) is 20.9 Å². The van der Waals surface area contributed by atoms with Gasteiger partial charge in [-0.25, -0.2) is 4.79 Å². The molecule has 2 aromatic heterocycles. The van der Waals surface area contributed by atoms with Gasteiger partial charge in [0, 0.05) is 28.0 Å². The van der Waals surface area contributed by atoms with Gasteiger partial charge in [0.15, 0.2) is 0 Å². The first-order valence-electron chi connectivity index (χ1n) is 9.11. The maximum atomic E-state index is 12.7. The predicted octanol–water partition coefficient (Wildman–Crippen LogP) is 5.06. The van der Waals surface area contributed by atoms with E-state index in [0.29, 0.717) is 33.2 Å². The molecule has 0 saturated carbocycles. The minimum Gasteiger partial charge on any atom is -0.467 e. The van der Waals surface area contributed by atoms with Crippen molar-refractivity contribution in [1.29, 1.82) is 0 Å². The zero-order chi connectivity index (χ0) is 20.9. The maximum Gasteiger partial charge on any atom is 0.319 e. The number of nitrogens with zero attached hydrogens (tertiary/aromatic N) is 1. The lowest BCUT2D eigenvalue weighted by atomic mass is 10.1. The molecular formula is C22H17ClN4O3. The number of furan rings is 1. The molecule has 3 amide bonds. The van der Waals surface area contributed by atoms with Crippen LogP contribution in [0.5, 0.6) is 0 Å². The summed E-state index contributed by atoms with van der Waals surface area (Å²) in [6, 6.07) is 16.9. The average molecular weight is 421 g/mol. The van der Waals surface area contributed by atoms with Gasteiger partial charge in [0.2, 0.25) is 0 Å². The molecule has 150 valence electrons. The van der Waals surface area contributed by atoms with Gasteiger partial charge in [-0.05, 0) is 54.6 Å². The van der Waals surface area contributed by atoms with Gasteiger partial charge in [-0.15, -0.1) is 0 Å². The summed E-state index contributed by atoms with van der Waals surface area (Å²) in [4.78, 5) is 29.0. The van der Waals surface area contributed by atoms with Crippen LogP contribution in [-0.4, -0.2) is 16.9 Å². The fourth-order valence-electron chi connectivity index (χ4n) is 2.92. The van der Waals surface area contributed by atoms with Crippen molar-refractivity contribution < 1.29 is 14.0 Å². The Hall–Kier alpha value is -3.84. The lowest BCUT2D eigenvalue weighted by Crippen LogP contribution is -2.27. The largest absolute Gasteiger partial charge is 0.467 e. The second-order valence-corrected chi connectivity index (χ2v) is 6.88. The Morgan fingerprint density at radius 1 is 0.967 bits per heavy atom. The molecule has 0 fully saturated rings. The highest BCUT2D eigenvalue weighted by atomic mass is 35.5. The van der Waals surface area contributed by atoms with Crippen molar-refractivity contribution in [3.05, 3.63) is 89.5 Å². The summed E-state index contributed by atoms with van der Waals surface area (Å²) in [7, 11) is 0. The number of benzene rings is 2. The van der Waals surface area contributed by atoms with E-state index in [0.717, 1.165) is 5.39 Å². The van der Waals surface area contributed by atoms with Gasteiger partial charge in [0.1, 0.15) is 5.76 Å².